The van der Waals surface area contributed by atoms with Crippen molar-refractivity contribution in [1.82, 2.24) is 0 Å². The van der Waals surface area contributed by atoms with Gasteiger partial charge >= 0.3 is 5.97 Å². The van der Waals surface area contributed by atoms with Gasteiger partial charge in [0.2, 0.25) is 0 Å². The van der Waals surface area contributed by atoms with Gasteiger partial charge in [0.15, 0.2) is 15.8 Å². The number of nitrogens with zero attached hydrogens (tertiary/aromatic N) is 1. The monoisotopic (exact) mass is 342 g/mol. The number of aryl methyl sites for hydroxylation is 1. The first kappa shape index (κ1) is 18.9. The van der Waals surface area contributed by atoms with Crippen LogP contribution in [0.2, 0.25) is 0 Å². The molecule has 9 heteroatoms. The summed E-state index contributed by atoms with van der Waals surface area (Å²) in [6.07, 6.45) is -0.153. The van der Waals surface area contributed by atoms with Crippen LogP contribution in [0.25, 0.3) is 0 Å². The van der Waals surface area contributed by atoms with Crippen molar-refractivity contribution in [3.8, 4) is 0 Å². The van der Waals surface area contributed by atoms with Crippen LogP contribution in [-0.4, -0.2) is 45.3 Å². The van der Waals surface area contributed by atoms with Crippen molar-refractivity contribution in [2.24, 2.45) is 22.2 Å². The Labute approximate surface area is 135 Å². The second-order valence-corrected chi connectivity index (χ2v) is 7.34. The Balaban J connectivity index is 3.13. The van der Waals surface area contributed by atoms with E-state index in [9.17, 15) is 13.2 Å². The average molecular weight is 342 g/mol. The Morgan fingerprint density at radius 1 is 1.26 bits per heavy atom. The van der Waals surface area contributed by atoms with Crippen LogP contribution in [0.15, 0.2) is 34.2 Å². The molecule has 0 aliphatic rings. The number of nitrogens with two attached hydrogens (primary N) is 3. The van der Waals surface area contributed by atoms with E-state index in [-0.39, 0.29) is 23.8 Å². The first-order chi connectivity index (χ1) is 10.7. The fourth-order valence-electron chi connectivity index (χ4n) is 1.96. The van der Waals surface area contributed by atoms with Crippen LogP contribution in [0.5, 0.6) is 0 Å². The van der Waals surface area contributed by atoms with Crippen molar-refractivity contribution in [2.45, 2.75) is 29.5 Å². The zero-order valence-corrected chi connectivity index (χ0v) is 13.9. The molecule has 1 unspecified atom stereocenters. The number of hydrogen-bond acceptors (Lipinski definition) is 6. The summed E-state index contributed by atoms with van der Waals surface area (Å²) in [6.45, 7) is 1.66. The zero-order chi connectivity index (χ0) is 17.6. The molecule has 8 nitrogen and oxygen atoms in total. The number of aliphatic imine (C=N–C) groups is 1. The Kier molecular flexibility index (Phi) is 6.52. The number of guanidine groups is 1. The Hall–Kier alpha value is -2.13. The number of ether oxygens (including phenoxy) is 1. The lowest BCUT2D eigenvalue weighted by molar-refractivity contribution is -0.142. The molecule has 23 heavy (non-hydrogen) atoms. The smallest absolute Gasteiger partial charge is 0.322 e. The molecule has 1 aromatic rings. The van der Waals surface area contributed by atoms with E-state index in [0.717, 1.165) is 5.56 Å². The molecule has 0 radical (unpaired) electrons. The molecule has 0 aliphatic heterocycles. The summed E-state index contributed by atoms with van der Waals surface area (Å²) in [5, 5.41) is -1.04. The van der Waals surface area contributed by atoms with Crippen LogP contribution in [0, 0.1) is 6.92 Å². The minimum absolute atomic E-state index is 0.121. The standard InChI is InChI=1S/C14H22N4O4S/c1-9-3-5-10(6-4-9)23(20,21)11(8-18-14(16)17)7-12(15)13(19)22-2/h3-6,11-12H,7-8,15H2,1-2H3,(H4,16,17,18)/t11?,12-/m0/s1. The van der Waals surface area contributed by atoms with E-state index in [0.29, 0.717) is 0 Å². The predicted octanol–water partition coefficient (Wildman–Crippen LogP) is -0.699. The fourth-order valence-corrected chi connectivity index (χ4v) is 3.59. The van der Waals surface area contributed by atoms with E-state index in [4.69, 9.17) is 17.2 Å². The topological polar surface area (TPSA) is 151 Å². The van der Waals surface area contributed by atoms with Gasteiger partial charge in [-0.1, -0.05) is 17.7 Å². The van der Waals surface area contributed by atoms with Gasteiger partial charge in [0.25, 0.3) is 0 Å². The number of esters is 1. The summed E-state index contributed by atoms with van der Waals surface area (Å²) in [4.78, 5) is 15.3. The highest BCUT2D eigenvalue weighted by atomic mass is 32.2. The van der Waals surface area contributed by atoms with Gasteiger partial charge in [-0.15, -0.1) is 0 Å². The Morgan fingerprint density at radius 2 is 1.83 bits per heavy atom. The summed E-state index contributed by atoms with van der Waals surface area (Å²) in [5.74, 6) is -0.931. The van der Waals surface area contributed by atoms with Crippen LogP contribution in [0.4, 0.5) is 0 Å². The van der Waals surface area contributed by atoms with E-state index in [1.54, 1.807) is 12.1 Å². The number of carbonyl (C=O) groups is 1. The molecule has 1 aromatic carbocycles. The first-order valence-corrected chi connectivity index (χ1v) is 8.42. The molecule has 0 saturated carbocycles. The number of carbonyl (C=O) groups excluding carboxylic acids is 1. The number of sulfone groups is 1. The molecular formula is C14H22N4O4S. The summed E-state index contributed by atoms with van der Waals surface area (Å²) in [6, 6.07) is 5.28. The van der Waals surface area contributed by atoms with Crippen LogP contribution in [-0.2, 0) is 19.4 Å². The Bertz CT molecular complexity index is 667. The van der Waals surface area contributed by atoms with E-state index >= 15 is 0 Å². The second-order valence-electron chi connectivity index (χ2n) is 5.11. The molecule has 6 N–H and O–H groups in total. The van der Waals surface area contributed by atoms with Gasteiger partial charge in [-0.05, 0) is 25.5 Å². The highest BCUT2D eigenvalue weighted by molar-refractivity contribution is 7.92. The molecule has 0 amide bonds. The van der Waals surface area contributed by atoms with Crippen LogP contribution >= 0.6 is 0 Å². The zero-order valence-electron chi connectivity index (χ0n) is 13.1. The molecule has 0 bridgehead atoms. The molecule has 1 rings (SSSR count). The number of rotatable bonds is 7. The number of hydrogen-bond donors (Lipinski definition) is 3. The van der Waals surface area contributed by atoms with Crippen molar-refractivity contribution in [1.29, 1.82) is 0 Å². The maximum absolute atomic E-state index is 12.7. The van der Waals surface area contributed by atoms with Gasteiger partial charge in [-0.3, -0.25) is 9.79 Å². The van der Waals surface area contributed by atoms with E-state index < -0.39 is 27.1 Å². The summed E-state index contributed by atoms with van der Waals surface area (Å²) < 4.78 is 30.0. The maximum atomic E-state index is 12.7. The van der Waals surface area contributed by atoms with Gasteiger partial charge in [-0.25, -0.2) is 8.42 Å². The van der Waals surface area contributed by atoms with Gasteiger partial charge in [0, 0.05) is 0 Å². The predicted molar refractivity (Wildman–Crippen MR) is 87.4 cm³/mol. The van der Waals surface area contributed by atoms with E-state index in [2.05, 4.69) is 9.73 Å². The van der Waals surface area contributed by atoms with Crippen LogP contribution < -0.4 is 17.2 Å². The lowest BCUT2D eigenvalue weighted by Crippen LogP contribution is -2.39. The molecular weight excluding hydrogens is 320 g/mol. The molecule has 0 saturated heterocycles. The molecule has 0 spiro atoms. The number of benzene rings is 1. The molecule has 128 valence electrons. The number of methoxy groups -OCH3 is 1. The fraction of sp³-hybridized carbons (Fsp3) is 0.429. The highest BCUT2D eigenvalue weighted by Crippen LogP contribution is 2.20. The van der Waals surface area contributed by atoms with Crippen molar-refractivity contribution >= 4 is 21.8 Å². The van der Waals surface area contributed by atoms with Crippen molar-refractivity contribution in [3.63, 3.8) is 0 Å². The third-order valence-corrected chi connectivity index (χ3v) is 5.44. The first-order valence-electron chi connectivity index (χ1n) is 6.87. The van der Waals surface area contributed by atoms with Crippen molar-refractivity contribution in [3.05, 3.63) is 29.8 Å². The third kappa shape index (κ3) is 5.22. The SMILES string of the molecule is COC(=O)[C@@H](N)CC(CN=C(N)N)S(=O)(=O)c1ccc(C)cc1. The van der Waals surface area contributed by atoms with Crippen molar-refractivity contribution in [2.75, 3.05) is 13.7 Å². The molecule has 0 fully saturated rings. The minimum atomic E-state index is -3.76. The summed E-state index contributed by atoms with van der Waals surface area (Å²) in [7, 11) is -2.57. The summed E-state index contributed by atoms with van der Waals surface area (Å²) in [5.41, 5.74) is 17.1. The maximum Gasteiger partial charge on any atom is 0.322 e. The van der Waals surface area contributed by atoms with Crippen molar-refractivity contribution < 1.29 is 17.9 Å². The lowest BCUT2D eigenvalue weighted by Gasteiger charge is -2.19. The molecule has 0 heterocycles. The molecule has 0 aliphatic carbocycles. The van der Waals surface area contributed by atoms with Gasteiger partial charge in [-0.2, -0.15) is 0 Å². The highest BCUT2D eigenvalue weighted by Gasteiger charge is 2.31. The largest absolute Gasteiger partial charge is 0.468 e. The van der Waals surface area contributed by atoms with Gasteiger partial charge < -0.3 is 21.9 Å². The van der Waals surface area contributed by atoms with Gasteiger partial charge in [0.1, 0.15) is 6.04 Å². The van der Waals surface area contributed by atoms with E-state index in [1.165, 1.54) is 19.2 Å². The minimum Gasteiger partial charge on any atom is -0.468 e. The summed E-state index contributed by atoms with van der Waals surface area (Å²) >= 11 is 0. The van der Waals surface area contributed by atoms with E-state index in [1.807, 2.05) is 6.92 Å². The average Bonchev–Trinajstić information content (AvgIpc) is 2.50. The third-order valence-electron chi connectivity index (χ3n) is 3.29. The normalized spacial score (nSPS) is 13.9. The quantitative estimate of drug-likeness (QED) is 0.337. The molecule has 0 aromatic heterocycles. The van der Waals surface area contributed by atoms with Gasteiger partial charge in [0.05, 0.1) is 23.8 Å². The van der Waals surface area contributed by atoms with Crippen LogP contribution in [0.1, 0.15) is 12.0 Å². The second kappa shape index (κ2) is 7.93. The Morgan fingerprint density at radius 3 is 2.30 bits per heavy atom. The van der Waals surface area contributed by atoms with Crippen LogP contribution in [0.3, 0.4) is 0 Å². The lowest BCUT2D eigenvalue weighted by atomic mass is 10.1. The molecule has 2 atom stereocenters.